The van der Waals surface area contributed by atoms with E-state index in [-0.39, 0.29) is 18.9 Å². The highest BCUT2D eigenvalue weighted by molar-refractivity contribution is 5.84. The average molecular weight is 527 g/mol. The number of methoxy groups -OCH3 is 3. The fraction of sp³-hybridized carbons (Fsp3) is 0.517. The molecule has 1 heterocycles. The first-order valence-electron chi connectivity index (χ1n) is 13.1. The maximum absolute atomic E-state index is 12.5. The summed E-state index contributed by atoms with van der Waals surface area (Å²) in [4.78, 5) is 26.0. The van der Waals surface area contributed by atoms with Crippen molar-refractivity contribution in [3.05, 3.63) is 41.5 Å². The highest BCUT2D eigenvalue weighted by atomic mass is 16.5. The van der Waals surface area contributed by atoms with Crippen LogP contribution in [0.4, 0.5) is 10.5 Å². The van der Waals surface area contributed by atoms with Gasteiger partial charge in [0.2, 0.25) is 0 Å². The summed E-state index contributed by atoms with van der Waals surface area (Å²) >= 11 is 0. The number of nitrogens with one attached hydrogen (secondary N) is 1. The fourth-order valence-corrected chi connectivity index (χ4v) is 5.54. The van der Waals surface area contributed by atoms with Crippen LogP contribution < -0.4 is 14.8 Å². The van der Waals surface area contributed by atoms with Crippen molar-refractivity contribution in [2.75, 3.05) is 39.7 Å². The van der Waals surface area contributed by atoms with E-state index in [0.717, 1.165) is 35.1 Å². The Morgan fingerprint density at radius 1 is 1.00 bits per heavy atom. The first-order chi connectivity index (χ1) is 18.3. The predicted molar refractivity (Wildman–Crippen MR) is 144 cm³/mol. The Balaban J connectivity index is 1.69. The van der Waals surface area contributed by atoms with Gasteiger partial charge in [-0.15, -0.1) is 0 Å². The molecule has 0 aromatic heterocycles. The lowest BCUT2D eigenvalue weighted by atomic mass is 9.86. The molecule has 0 bridgehead atoms. The minimum Gasteiger partial charge on any atom is -0.497 e. The molecule has 1 saturated heterocycles. The van der Waals surface area contributed by atoms with Crippen LogP contribution in [0.25, 0.3) is 11.1 Å². The van der Waals surface area contributed by atoms with Gasteiger partial charge >= 0.3 is 12.1 Å². The van der Waals surface area contributed by atoms with E-state index in [9.17, 15) is 14.7 Å². The van der Waals surface area contributed by atoms with Crippen LogP contribution in [-0.2, 0) is 20.9 Å². The molecule has 1 amide bonds. The molecule has 9 heteroatoms. The van der Waals surface area contributed by atoms with Gasteiger partial charge in [0.1, 0.15) is 17.0 Å². The van der Waals surface area contributed by atoms with E-state index >= 15 is 0 Å². The van der Waals surface area contributed by atoms with Crippen LogP contribution in [0.1, 0.15) is 49.7 Å². The third kappa shape index (κ3) is 5.99. The van der Waals surface area contributed by atoms with E-state index in [1.165, 1.54) is 24.9 Å². The maximum Gasteiger partial charge on any atom is 0.409 e. The third-order valence-corrected chi connectivity index (χ3v) is 7.68. The van der Waals surface area contributed by atoms with Crippen LogP contribution in [0, 0.1) is 6.92 Å². The van der Waals surface area contributed by atoms with Gasteiger partial charge in [-0.1, -0.05) is 12.8 Å². The van der Waals surface area contributed by atoms with Gasteiger partial charge in [0.05, 0.1) is 34.0 Å². The molecule has 2 aromatic carbocycles. The Bertz CT molecular complexity index is 1130. The number of likely N-dealkylation sites (tertiary alicyclic amines) is 1. The van der Waals surface area contributed by atoms with E-state index in [1.807, 2.05) is 37.3 Å². The van der Waals surface area contributed by atoms with Crippen LogP contribution in [0.5, 0.6) is 11.5 Å². The quantitative estimate of drug-likeness (QED) is 0.457. The van der Waals surface area contributed by atoms with Crippen LogP contribution in [0.3, 0.4) is 0 Å². The molecule has 9 nitrogen and oxygen atoms in total. The van der Waals surface area contributed by atoms with Gasteiger partial charge in [-0.2, -0.15) is 0 Å². The largest absolute Gasteiger partial charge is 0.497 e. The third-order valence-electron chi connectivity index (χ3n) is 7.68. The van der Waals surface area contributed by atoms with Crippen LogP contribution in [0.15, 0.2) is 30.3 Å². The molecular formula is C29H38N2O7. The lowest BCUT2D eigenvalue weighted by Crippen LogP contribution is -2.55. The van der Waals surface area contributed by atoms with Crippen LogP contribution in [0.2, 0.25) is 0 Å². The number of aryl methyl sites for hydroxylation is 1. The normalized spacial score (nSPS) is 17.2. The zero-order valence-electron chi connectivity index (χ0n) is 22.7. The van der Waals surface area contributed by atoms with Gasteiger partial charge < -0.3 is 34.3 Å². The van der Waals surface area contributed by atoms with Crippen LogP contribution in [-0.4, -0.2) is 68.1 Å². The lowest BCUT2D eigenvalue weighted by Gasteiger charge is -2.39. The van der Waals surface area contributed by atoms with E-state index in [2.05, 4.69) is 5.32 Å². The van der Waals surface area contributed by atoms with Crippen molar-refractivity contribution < 1.29 is 33.6 Å². The molecule has 0 unspecified atom stereocenters. The standard InChI is InChI=1S/C29H38N2O7/c1-19-13-22(30-29(27(32)33)9-11-31(12-10-29)28(34)37-4)14-21(18-38-23-7-5-6-8-23)26(19)20-15-24(35-2)17-25(16-20)36-3/h13-17,23,30H,5-12,18H2,1-4H3,(H,32,33). The number of hydrogen-bond acceptors (Lipinski definition) is 7. The summed E-state index contributed by atoms with van der Waals surface area (Å²) in [5.41, 5.74) is 3.40. The number of piperidine rings is 1. The van der Waals surface area contributed by atoms with Gasteiger partial charge in [0, 0.05) is 24.8 Å². The Labute approximate surface area is 224 Å². The highest BCUT2D eigenvalue weighted by Crippen LogP contribution is 2.38. The lowest BCUT2D eigenvalue weighted by molar-refractivity contribution is -0.144. The molecule has 0 atom stereocenters. The summed E-state index contributed by atoms with van der Waals surface area (Å²) in [6, 6.07) is 9.73. The first kappa shape index (κ1) is 27.6. The Morgan fingerprint density at radius 3 is 2.18 bits per heavy atom. The zero-order chi connectivity index (χ0) is 27.3. The van der Waals surface area contributed by atoms with Gasteiger partial charge in [0.15, 0.2) is 0 Å². The van der Waals surface area contributed by atoms with Crippen molar-refractivity contribution in [1.29, 1.82) is 0 Å². The monoisotopic (exact) mass is 526 g/mol. The predicted octanol–water partition coefficient (Wildman–Crippen LogP) is 5.24. The molecular weight excluding hydrogens is 488 g/mol. The fourth-order valence-electron chi connectivity index (χ4n) is 5.54. The molecule has 2 aromatic rings. The summed E-state index contributed by atoms with van der Waals surface area (Å²) in [5, 5.41) is 13.5. The molecule has 2 fully saturated rings. The smallest absolute Gasteiger partial charge is 0.409 e. The Kier molecular flexibility index (Phi) is 8.66. The van der Waals surface area contributed by atoms with Crippen molar-refractivity contribution in [3.63, 3.8) is 0 Å². The van der Waals surface area contributed by atoms with Crippen molar-refractivity contribution >= 4 is 17.7 Å². The second kappa shape index (κ2) is 11.9. The van der Waals surface area contributed by atoms with E-state index in [4.69, 9.17) is 18.9 Å². The molecule has 1 aliphatic heterocycles. The van der Waals surface area contributed by atoms with Crippen molar-refractivity contribution in [3.8, 4) is 22.6 Å². The molecule has 38 heavy (non-hydrogen) atoms. The molecule has 2 aliphatic rings. The highest BCUT2D eigenvalue weighted by Gasteiger charge is 2.43. The minimum absolute atomic E-state index is 0.229. The number of benzene rings is 2. The number of anilines is 1. The Hall–Kier alpha value is -3.46. The number of carbonyl (C=O) groups excluding carboxylic acids is 1. The SMILES string of the molecule is COC(=O)N1CCC(Nc2cc(C)c(-c3cc(OC)cc(OC)c3)c(COC3CCCC3)c2)(C(=O)O)CC1. The summed E-state index contributed by atoms with van der Waals surface area (Å²) in [6.07, 6.45) is 4.77. The number of carboxylic acids is 1. The summed E-state index contributed by atoms with van der Waals surface area (Å²) in [5.74, 6) is 0.432. The molecule has 206 valence electrons. The van der Waals surface area contributed by atoms with Gasteiger partial charge in [-0.3, -0.25) is 0 Å². The number of aliphatic carboxylic acids is 1. The average Bonchev–Trinajstić information content (AvgIpc) is 3.45. The Morgan fingerprint density at radius 2 is 1.63 bits per heavy atom. The topological polar surface area (TPSA) is 107 Å². The van der Waals surface area contributed by atoms with Gasteiger partial charge in [-0.25, -0.2) is 9.59 Å². The van der Waals surface area contributed by atoms with Crippen molar-refractivity contribution in [2.24, 2.45) is 0 Å². The molecule has 0 spiro atoms. The number of amides is 1. The van der Waals surface area contributed by atoms with Crippen molar-refractivity contribution in [2.45, 2.75) is 63.7 Å². The number of ether oxygens (including phenoxy) is 4. The second-order valence-electron chi connectivity index (χ2n) is 10.1. The maximum atomic E-state index is 12.5. The molecule has 0 radical (unpaired) electrons. The van der Waals surface area contributed by atoms with E-state index < -0.39 is 17.6 Å². The molecule has 4 rings (SSSR count). The second-order valence-corrected chi connectivity index (χ2v) is 10.1. The summed E-state index contributed by atoms with van der Waals surface area (Å²) < 4.78 is 22.2. The number of carboxylic acid groups (broad SMARTS) is 1. The number of rotatable bonds is 9. The van der Waals surface area contributed by atoms with E-state index in [1.54, 1.807) is 14.2 Å². The molecule has 2 N–H and O–H groups in total. The zero-order valence-corrected chi connectivity index (χ0v) is 22.7. The van der Waals surface area contributed by atoms with Crippen molar-refractivity contribution in [1.82, 2.24) is 4.90 Å². The molecule has 1 aliphatic carbocycles. The van der Waals surface area contributed by atoms with Gasteiger partial charge in [-0.05, 0) is 79.1 Å². The van der Waals surface area contributed by atoms with Crippen LogP contribution >= 0.6 is 0 Å². The van der Waals surface area contributed by atoms with E-state index in [0.29, 0.717) is 36.9 Å². The summed E-state index contributed by atoms with van der Waals surface area (Å²) in [6.45, 7) is 3.01. The number of nitrogens with zero attached hydrogens (tertiary/aromatic N) is 1. The number of hydrogen-bond donors (Lipinski definition) is 2. The number of carbonyl (C=O) groups is 2. The van der Waals surface area contributed by atoms with Gasteiger partial charge in [0.25, 0.3) is 0 Å². The molecule has 1 saturated carbocycles. The first-order valence-corrected chi connectivity index (χ1v) is 13.1. The summed E-state index contributed by atoms with van der Waals surface area (Å²) in [7, 11) is 4.58. The minimum atomic E-state index is -1.19.